The number of alkyl halides is 3. The van der Waals surface area contributed by atoms with E-state index in [0.717, 1.165) is 12.1 Å². The number of hydrogen-bond donors (Lipinski definition) is 2. The molecule has 1 saturated carbocycles. The Kier molecular flexibility index (Phi) is 7.59. The van der Waals surface area contributed by atoms with E-state index >= 15 is 0 Å². The second-order valence-electron chi connectivity index (χ2n) is 7.40. The molecule has 2 amide bonds. The molecular weight excluding hydrogens is 453 g/mol. The number of halogens is 5. The molecule has 1 aromatic heterocycles. The van der Waals surface area contributed by atoms with E-state index in [0.29, 0.717) is 11.1 Å². The van der Waals surface area contributed by atoms with Gasteiger partial charge >= 0.3 is 6.36 Å². The number of ether oxygens (including phenoxy) is 2. The Hall–Kier alpha value is -3.12. The zero-order valence-corrected chi connectivity index (χ0v) is 17.2. The lowest BCUT2D eigenvalue weighted by Crippen LogP contribution is -2.42. The molecule has 0 saturated heterocycles. The second kappa shape index (κ2) is 10.2. The third kappa shape index (κ3) is 7.19. The van der Waals surface area contributed by atoms with E-state index in [1.807, 2.05) is 0 Å². The van der Waals surface area contributed by atoms with Crippen molar-refractivity contribution in [1.82, 2.24) is 15.6 Å². The Morgan fingerprint density at radius 1 is 1.12 bits per heavy atom. The highest BCUT2D eigenvalue weighted by Gasteiger charge is 2.40. The van der Waals surface area contributed by atoms with Gasteiger partial charge in [0.25, 0.3) is 5.91 Å². The summed E-state index contributed by atoms with van der Waals surface area (Å²) in [6.07, 6.45) is -5.87. The lowest BCUT2D eigenvalue weighted by Gasteiger charge is -2.34. The lowest BCUT2D eigenvalue weighted by atomic mass is 9.92. The third-order valence-corrected chi connectivity index (χ3v) is 4.79. The zero-order valence-electron chi connectivity index (χ0n) is 17.2. The monoisotopic (exact) mass is 473 g/mol. The summed E-state index contributed by atoms with van der Waals surface area (Å²) in [5.41, 5.74) is 0.422. The van der Waals surface area contributed by atoms with Crippen molar-refractivity contribution in [3.63, 3.8) is 0 Å². The minimum atomic E-state index is -4.69. The zero-order chi connectivity index (χ0) is 24.2. The quantitative estimate of drug-likeness (QED) is 0.546. The molecule has 1 aliphatic rings. The average molecular weight is 473 g/mol. The Morgan fingerprint density at radius 2 is 1.82 bits per heavy atom. The smallest absolute Gasteiger partial charge is 0.368 e. The van der Waals surface area contributed by atoms with Crippen molar-refractivity contribution in [2.45, 2.75) is 37.8 Å². The molecule has 2 N–H and O–H groups in total. The van der Waals surface area contributed by atoms with Gasteiger partial charge in [0.1, 0.15) is 12.3 Å². The van der Waals surface area contributed by atoms with E-state index in [1.165, 1.54) is 12.1 Å². The molecular formula is C21H20F5N3O4. The first-order chi connectivity index (χ1) is 15.5. The van der Waals surface area contributed by atoms with Gasteiger partial charge in [-0.15, -0.1) is 13.2 Å². The summed E-state index contributed by atoms with van der Waals surface area (Å²) in [5, 5.41) is 5.38. The van der Waals surface area contributed by atoms with Gasteiger partial charge in [0.2, 0.25) is 5.91 Å². The van der Waals surface area contributed by atoms with E-state index in [1.54, 1.807) is 0 Å². The Labute approximate surface area is 184 Å². The maximum atomic E-state index is 13.4. The average Bonchev–Trinajstić information content (AvgIpc) is 2.69. The highest BCUT2D eigenvalue weighted by Crippen LogP contribution is 2.32. The number of carbonyl (C=O) groups excluding carboxylic acids is 2. The first-order valence-electron chi connectivity index (χ1n) is 9.88. The fourth-order valence-corrected chi connectivity index (χ4v) is 3.09. The van der Waals surface area contributed by atoms with Crippen molar-refractivity contribution in [2.24, 2.45) is 0 Å². The van der Waals surface area contributed by atoms with Gasteiger partial charge in [0.15, 0.2) is 11.6 Å². The molecule has 0 aliphatic heterocycles. The van der Waals surface area contributed by atoms with Crippen molar-refractivity contribution in [3.05, 3.63) is 53.9 Å². The molecule has 0 atom stereocenters. The normalized spacial score (nSPS) is 18.0. The van der Waals surface area contributed by atoms with Crippen LogP contribution in [0.15, 0.2) is 36.5 Å². The number of carbonyl (C=O) groups is 2. The minimum Gasteiger partial charge on any atom is -0.368 e. The van der Waals surface area contributed by atoms with Crippen molar-refractivity contribution in [2.75, 3.05) is 13.2 Å². The van der Waals surface area contributed by atoms with Crippen LogP contribution in [-0.4, -0.2) is 48.5 Å². The maximum absolute atomic E-state index is 13.4. The van der Waals surface area contributed by atoms with Gasteiger partial charge in [-0.2, -0.15) is 0 Å². The first-order valence-corrected chi connectivity index (χ1v) is 9.88. The second-order valence-corrected chi connectivity index (χ2v) is 7.40. The summed E-state index contributed by atoms with van der Waals surface area (Å²) in [4.78, 5) is 28.1. The minimum absolute atomic E-state index is 0.00450. The van der Waals surface area contributed by atoms with Crippen LogP contribution in [0.2, 0.25) is 0 Å². The van der Waals surface area contributed by atoms with Gasteiger partial charge in [-0.25, -0.2) is 13.8 Å². The van der Waals surface area contributed by atoms with Crippen LogP contribution in [0.3, 0.4) is 0 Å². The van der Waals surface area contributed by atoms with Crippen molar-refractivity contribution < 1.29 is 41.0 Å². The van der Waals surface area contributed by atoms with E-state index < -0.39 is 42.0 Å². The van der Waals surface area contributed by atoms with Gasteiger partial charge in [0.05, 0.1) is 17.7 Å². The van der Waals surface area contributed by atoms with Gasteiger partial charge in [0, 0.05) is 43.0 Å². The SMILES string of the molecule is C=C(CCNC(=O)c1ccc2cc(F)c(F)cc2n1)NC(=O)COC1CC(OC(F)(F)F)C1. The maximum Gasteiger partial charge on any atom is 0.522 e. The number of fused-ring (bicyclic) bond motifs is 1. The van der Waals surface area contributed by atoms with Crippen molar-refractivity contribution >= 4 is 22.7 Å². The summed E-state index contributed by atoms with van der Waals surface area (Å²) < 4.78 is 71.8. The van der Waals surface area contributed by atoms with Crippen molar-refractivity contribution in [1.29, 1.82) is 0 Å². The molecule has 33 heavy (non-hydrogen) atoms. The van der Waals surface area contributed by atoms with Crippen LogP contribution in [0, 0.1) is 11.6 Å². The summed E-state index contributed by atoms with van der Waals surface area (Å²) in [6.45, 7) is 3.41. The van der Waals surface area contributed by atoms with Crippen LogP contribution in [0.5, 0.6) is 0 Å². The highest BCUT2D eigenvalue weighted by atomic mass is 19.4. The van der Waals surface area contributed by atoms with Crippen LogP contribution in [0.25, 0.3) is 10.9 Å². The predicted molar refractivity (Wildman–Crippen MR) is 106 cm³/mol. The van der Waals surface area contributed by atoms with Crippen LogP contribution in [0.1, 0.15) is 29.8 Å². The summed E-state index contributed by atoms with van der Waals surface area (Å²) in [5.74, 6) is -3.17. The number of pyridine rings is 1. The van der Waals surface area contributed by atoms with Crippen LogP contribution >= 0.6 is 0 Å². The molecule has 0 radical (unpaired) electrons. The molecule has 0 spiro atoms. The number of benzene rings is 1. The molecule has 12 heteroatoms. The predicted octanol–water partition coefficient (Wildman–Crippen LogP) is 3.35. The summed E-state index contributed by atoms with van der Waals surface area (Å²) in [6, 6.07) is 4.69. The largest absolute Gasteiger partial charge is 0.522 e. The molecule has 1 heterocycles. The number of rotatable bonds is 9. The molecule has 178 valence electrons. The van der Waals surface area contributed by atoms with Gasteiger partial charge in [-0.05, 0) is 12.1 Å². The number of nitrogens with one attached hydrogen (secondary N) is 2. The van der Waals surface area contributed by atoms with Gasteiger partial charge in [-0.3, -0.25) is 14.3 Å². The van der Waals surface area contributed by atoms with Gasteiger partial charge in [-0.1, -0.05) is 12.6 Å². The van der Waals surface area contributed by atoms with Gasteiger partial charge < -0.3 is 15.4 Å². The fourth-order valence-electron chi connectivity index (χ4n) is 3.09. The Morgan fingerprint density at radius 3 is 2.52 bits per heavy atom. The van der Waals surface area contributed by atoms with Crippen LogP contribution in [-0.2, 0) is 14.3 Å². The molecule has 0 unspecified atom stereocenters. The Balaban J connectivity index is 1.34. The lowest BCUT2D eigenvalue weighted by molar-refractivity contribution is -0.357. The topological polar surface area (TPSA) is 89.6 Å². The van der Waals surface area contributed by atoms with Crippen LogP contribution < -0.4 is 10.6 Å². The molecule has 3 rings (SSSR count). The van der Waals surface area contributed by atoms with E-state index in [-0.39, 0.29) is 43.6 Å². The third-order valence-electron chi connectivity index (χ3n) is 4.79. The molecule has 7 nitrogen and oxygen atoms in total. The van der Waals surface area contributed by atoms with E-state index in [9.17, 15) is 31.5 Å². The number of nitrogens with zero attached hydrogens (tertiary/aromatic N) is 1. The molecule has 1 aliphatic carbocycles. The summed E-state index contributed by atoms with van der Waals surface area (Å²) in [7, 11) is 0. The highest BCUT2D eigenvalue weighted by molar-refractivity contribution is 5.94. The molecule has 1 aromatic carbocycles. The first kappa shape index (κ1) is 24.5. The molecule has 2 aromatic rings. The van der Waals surface area contributed by atoms with Crippen LogP contribution in [0.4, 0.5) is 22.0 Å². The summed E-state index contributed by atoms with van der Waals surface area (Å²) >= 11 is 0. The number of amides is 2. The molecule has 1 fully saturated rings. The Bertz CT molecular complexity index is 1050. The molecule has 0 bridgehead atoms. The van der Waals surface area contributed by atoms with E-state index in [4.69, 9.17) is 4.74 Å². The van der Waals surface area contributed by atoms with E-state index in [2.05, 4.69) is 26.9 Å². The van der Waals surface area contributed by atoms with Crippen molar-refractivity contribution in [3.8, 4) is 0 Å². The fraction of sp³-hybridized carbons (Fsp3) is 0.381. The number of hydrogen-bond acceptors (Lipinski definition) is 5. The standard InChI is InChI=1S/C21H20F5N3O4/c1-11(28-19(30)10-32-13-7-14(8-13)33-21(24,25)26)4-5-27-20(31)17-3-2-12-6-15(22)16(23)9-18(12)29-17/h2-3,6,9,13-14H,1,4-5,7-8,10H2,(H,27,31)(H,28,30). The number of aromatic nitrogens is 1.